The molecule has 4 nitrogen and oxygen atoms in total. The van der Waals surface area contributed by atoms with E-state index >= 15 is 0 Å². The molecule has 0 aliphatic carbocycles. The number of ether oxygens (including phenoxy) is 1. The maximum absolute atomic E-state index is 13.2. The first-order chi connectivity index (χ1) is 9.58. The predicted octanol–water partition coefficient (Wildman–Crippen LogP) is 1.92. The Labute approximate surface area is 118 Å². The molecule has 1 aromatic rings. The largest absolute Gasteiger partial charge is 0.365 e. The number of hydrogen-bond acceptors (Lipinski definition) is 3. The van der Waals surface area contributed by atoms with Crippen LogP contribution < -0.4 is 4.90 Å². The lowest BCUT2D eigenvalue weighted by Gasteiger charge is -2.17. The van der Waals surface area contributed by atoms with Gasteiger partial charge in [-0.2, -0.15) is 0 Å². The Kier molecular flexibility index (Phi) is 2.35. The highest BCUT2D eigenvalue weighted by Crippen LogP contribution is 2.46. The Bertz CT molecular complexity index is 644. The highest BCUT2D eigenvalue weighted by Gasteiger charge is 2.61. The number of anilines is 1. The Hall–Kier alpha value is -1.72. The van der Waals surface area contributed by atoms with Crippen LogP contribution in [0.3, 0.4) is 0 Å². The fourth-order valence-electron chi connectivity index (χ4n) is 3.18. The summed E-state index contributed by atoms with van der Waals surface area (Å²) in [5.74, 6) is -2.14. The second-order valence-corrected chi connectivity index (χ2v) is 5.52. The van der Waals surface area contributed by atoms with Gasteiger partial charge in [0.05, 0.1) is 34.8 Å². The Morgan fingerprint density at radius 1 is 1.10 bits per heavy atom. The van der Waals surface area contributed by atoms with Crippen LogP contribution in [-0.2, 0) is 14.3 Å². The van der Waals surface area contributed by atoms with Gasteiger partial charge < -0.3 is 4.74 Å². The van der Waals surface area contributed by atoms with Gasteiger partial charge in [0, 0.05) is 0 Å². The third kappa shape index (κ3) is 1.39. The van der Waals surface area contributed by atoms with Crippen LogP contribution in [0.4, 0.5) is 10.1 Å². The molecule has 2 fully saturated rings. The first-order valence-corrected chi connectivity index (χ1v) is 6.62. The molecule has 102 valence electrons. The van der Waals surface area contributed by atoms with E-state index in [2.05, 4.69) is 0 Å². The van der Waals surface area contributed by atoms with Gasteiger partial charge in [0.1, 0.15) is 5.82 Å². The van der Waals surface area contributed by atoms with Crippen molar-refractivity contribution in [3.05, 3.63) is 41.2 Å². The lowest BCUT2D eigenvalue weighted by molar-refractivity contribution is -0.124. The predicted molar refractivity (Wildman–Crippen MR) is 68.7 cm³/mol. The molecule has 0 radical (unpaired) electrons. The lowest BCUT2D eigenvalue weighted by atomic mass is 9.85. The van der Waals surface area contributed by atoms with Crippen LogP contribution in [0.1, 0.15) is 0 Å². The molecule has 2 bridgehead atoms. The molecule has 3 heterocycles. The zero-order valence-corrected chi connectivity index (χ0v) is 10.9. The van der Waals surface area contributed by atoms with Crippen molar-refractivity contribution in [1.29, 1.82) is 0 Å². The maximum Gasteiger partial charge on any atom is 0.240 e. The topological polar surface area (TPSA) is 46.6 Å². The van der Waals surface area contributed by atoms with E-state index in [1.54, 1.807) is 0 Å². The van der Waals surface area contributed by atoms with Gasteiger partial charge in [0.15, 0.2) is 0 Å². The van der Waals surface area contributed by atoms with Crippen molar-refractivity contribution in [2.45, 2.75) is 12.2 Å². The van der Waals surface area contributed by atoms with Crippen molar-refractivity contribution in [3.8, 4) is 0 Å². The number of nitrogens with zero attached hydrogens (tertiary/aromatic N) is 1. The molecule has 4 rings (SSSR count). The summed E-state index contributed by atoms with van der Waals surface area (Å²) in [4.78, 5) is 26.0. The third-order valence-electron chi connectivity index (χ3n) is 4.07. The molecule has 3 aliphatic heterocycles. The van der Waals surface area contributed by atoms with Crippen LogP contribution in [-0.4, -0.2) is 24.0 Å². The van der Waals surface area contributed by atoms with Gasteiger partial charge >= 0.3 is 0 Å². The number of carbonyl (C=O) groups excluding carboxylic acids is 2. The van der Waals surface area contributed by atoms with E-state index in [1.165, 1.54) is 12.1 Å². The number of fused-ring (bicyclic) bond motifs is 5. The molecular weight excluding hydrogens is 285 g/mol. The molecule has 2 saturated heterocycles. The normalized spacial score (nSPS) is 34.2. The fourth-order valence-corrected chi connectivity index (χ4v) is 3.36. The van der Waals surface area contributed by atoms with E-state index < -0.39 is 17.7 Å². The van der Waals surface area contributed by atoms with Gasteiger partial charge in [0.25, 0.3) is 0 Å². The molecule has 0 spiro atoms. The average Bonchev–Trinajstić information content (AvgIpc) is 3.08. The van der Waals surface area contributed by atoms with Crippen LogP contribution in [0.15, 0.2) is 30.4 Å². The standard InChI is InChI=1S/C14H9ClFNO3/c15-7-5-6(1-2-8(7)16)17-13(18)11-9-3-4-10(20-9)12(11)14(17)19/h1-5,9-12H. The van der Waals surface area contributed by atoms with Crippen molar-refractivity contribution in [2.24, 2.45) is 11.8 Å². The van der Waals surface area contributed by atoms with Crippen LogP contribution in [0.5, 0.6) is 0 Å². The molecule has 0 N–H and O–H groups in total. The van der Waals surface area contributed by atoms with E-state index in [1.807, 2.05) is 12.2 Å². The zero-order chi connectivity index (χ0) is 14.0. The summed E-state index contributed by atoms with van der Waals surface area (Å²) in [6, 6.07) is 3.83. The molecule has 4 atom stereocenters. The van der Waals surface area contributed by atoms with Gasteiger partial charge in [-0.15, -0.1) is 0 Å². The fraction of sp³-hybridized carbons (Fsp3) is 0.286. The number of benzene rings is 1. The molecule has 3 aliphatic rings. The number of halogens is 2. The summed E-state index contributed by atoms with van der Waals surface area (Å²) in [6.45, 7) is 0. The van der Waals surface area contributed by atoms with Gasteiger partial charge in [0.2, 0.25) is 11.8 Å². The molecule has 20 heavy (non-hydrogen) atoms. The van der Waals surface area contributed by atoms with Crippen LogP contribution >= 0.6 is 11.6 Å². The van der Waals surface area contributed by atoms with E-state index in [0.717, 1.165) is 11.0 Å². The minimum Gasteiger partial charge on any atom is -0.365 e. The molecule has 2 amide bonds. The van der Waals surface area contributed by atoms with Gasteiger partial charge in [-0.1, -0.05) is 23.8 Å². The number of imide groups is 1. The number of hydrogen-bond donors (Lipinski definition) is 0. The van der Waals surface area contributed by atoms with Crippen molar-refractivity contribution >= 4 is 29.1 Å². The summed E-state index contributed by atoms with van der Waals surface area (Å²) in [6.07, 6.45) is 2.97. The second-order valence-electron chi connectivity index (χ2n) is 5.11. The first kappa shape index (κ1) is 12.1. The number of carbonyl (C=O) groups is 2. The average molecular weight is 294 g/mol. The maximum atomic E-state index is 13.2. The summed E-state index contributed by atoms with van der Waals surface area (Å²) in [5, 5.41) is -0.113. The van der Waals surface area contributed by atoms with E-state index in [9.17, 15) is 14.0 Å². The summed E-state index contributed by atoms with van der Waals surface area (Å²) in [5.41, 5.74) is 0.306. The number of amides is 2. The summed E-state index contributed by atoms with van der Waals surface area (Å²) < 4.78 is 18.7. The van der Waals surface area contributed by atoms with E-state index in [4.69, 9.17) is 16.3 Å². The SMILES string of the molecule is O=C1C2C3C=CC(O3)C2C(=O)N1c1ccc(F)c(Cl)c1. The smallest absolute Gasteiger partial charge is 0.240 e. The highest BCUT2D eigenvalue weighted by atomic mass is 35.5. The minimum atomic E-state index is -0.584. The van der Waals surface area contributed by atoms with Gasteiger partial charge in [-0.3, -0.25) is 9.59 Å². The van der Waals surface area contributed by atoms with Gasteiger partial charge in [-0.25, -0.2) is 9.29 Å². The zero-order valence-electron chi connectivity index (χ0n) is 10.1. The summed E-state index contributed by atoms with van der Waals surface area (Å²) >= 11 is 5.72. The summed E-state index contributed by atoms with van der Waals surface area (Å²) in [7, 11) is 0. The molecule has 0 saturated carbocycles. The highest BCUT2D eigenvalue weighted by molar-refractivity contribution is 6.31. The quantitative estimate of drug-likeness (QED) is 0.587. The minimum absolute atomic E-state index is 0.113. The van der Waals surface area contributed by atoms with E-state index in [-0.39, 0.29) is 29.0 Å². The van der Waals surface area contributed by atoms with E-state index in [0.29, 0.717) is 5.69 Å². The third-order valence-corrected chi connectivity index (χ3v) is 4.36. The lowest BCUT2D eigenvalue weighted by Crippen LogP contribution is -2.34. The van der Waals surface area contributed by atoms with Crippen LogP contribution in [0, 0.1) is 17.7 Å². The Morgan fingerprint density at radius 3 is 2.25 bits per heavy atom. The molecular formula is C14H9ClFNO3. The van der Waals surface area contributed by atoms with Crippen molar-refractivity contribution < 1.29 is 18.7 Å². The number of rotatable bonds is 1. The second kappa shape index (κ2) is 3.90. The molecule has 4 unspecified atom stereocenters. The first-order valence-electron chi connectivity index (χ1n) is 6.24. The molecule has 0 aromatic heterocycles. The van der Waals surface area contributed by atoms with Crippen molar-refractivity contribution in [1.82, 2.24) is 0 Å². The van der Waals surface area contributed by atoms with Crippen molar-refractivity contribution in [3.63, 3.8) is 0 Å². The monoisotopic (exact) mass is 293 g/mol. The molecule has 1 aromatic carbocycles. The van der Waals surface area contributed by atoms with Crippen LogP contribution in [0.2, 0.25) is 5.02 Å². The molecule has 6 heteroatoms. The van der Waals surface area contributed by atoms with Gasteiger partial charge in [-0.05, 0) is 18.2 Å². The van der Waals surface area contributed by atoms with Crippen molar-refractivity contribution in [2.75, 3.05) is 4.90 Å². The van der Waals surface area contributed by atoms with Crippen LogP contribution in [0.25, 0.3) is 0 Å². The Morgan fingerprint density at radius 2 is 1.70 bits per heavy atom. The Balaban J connectivity index is 1.76.